The number of phenolic OH excluding ortho intramolecular Hbond substituents is 1. The molecule has 0 radical (unpaired) electrons. The Labute approximate surface area is 107 Å². The monoisotopic (exact) mass is 244 g/mol. The maximum absolute atomic E-state index is 9.67. The number of hydrogen-bond acceptors (Lipinski definition) is 3. The van der Waals surface area contributed by atoms with E-state index in [0.717, 1.165) is 16.7 Å². The molecule has 94 valence electrons. The Hall–Kier alpha value is -2.16. The Balaban J connectivity index is 2.63. The van der Waals surface area contributed by atoms with Crippen LogP contribution in [0.3, 0.4) is 0 Å². The van der Waals surface area contributed by atoms with Crippen molar-refractivity contribution < 1.29 is 14.6 Å². The van der Waals surface area contributed by atoms with Gasteiger partial charge in [-0.25, -0.2) is 0 Å². The minimum absolute atomic E-state index is 0.245. The molecule has 0 amide bonds. The fourth-order valence-corrected chi connectivity index (χ4v) is 2.03. The van der Waals surface area contributed by atoms with Crippen molar-refractivity contribution in [1.29, 1.82) is 0 Å². The van der Waals surface area contributed by atoms with Crippen LogP contribution < -0.4 is 9.47 Å². The van der Waals surface area contributed by atoms with Crippen molar-refractivity contribution in [1.82, 2.24) is 0 Å². The largest absolute Gasteiger partial charge is 0.508 e. The van der Waals surface area contributed by atoms with E-state index in [9.17, 15) is 5.11 Å². The molecule has 3 heteroatoms. The number of methoxy groups -OCH3 is 2. The third kappa shape index (κ3) is 2.25. The fourth-order valence-electron chi connectivity index (χ4n) is 2.03. The van der Waals surface area contributed by atoms with Gasteiger partial charge in [0.15, 0.2) is 11.5 Å². The van der Waals surface area contributed by atoms with Gasteiger partial charge in [0.1, 0.15) is 5.75 Å². The van der Waals surface area contributed by atoms with Gasteiger partial charge < -0.3 is 14.6 Å². The summed E-state index contributed by atoms with van der Waals surface area (Å²) in [5.41, 5.74) is 2.80. The molecule has 18 heavy (non-hydrogen) atoms. The molecule has 0 heterocycles. The summed E-state index contributed by atoms with van der Waals surface area (Å²) in [6.45, 7) is 1.94. The predicted molar refractivity (Wildman–Crippen MR) is 71.4 cm³/mol. The summed E-state index contributed by atoms with van der Waals surface area (Å²) in [4.78, 5) is 0. The van der Waals surface area contributed by atoms with Crippen molar-refractivity contribution in [3.8, 4) is 28.4 Å². The Morgan fingerprint density at radius 3 is 2.39 bits per heavy atom. The molecule has 0 spiro atoms. The normalized spacial score (nSPS) is 10.2. The van der Waals surface area contributed by atoms with Gasteiger partial charge in [-0.05, 0) is 36.2 Å². The molecule has 0 saturated heterocycles. The van der Waals surface area contributed by atoms with E-state index in [0.29, 0.717) is 11.5 Å². The lowest BCUT2D eigenvalue weighted by atomic mass is 10.0. The van der Waals surface area contributed by atoms with E-state index in [4.69, 9.17) is 9.47 Å². The van der Waals surface area contributed by atoms with Gasteiger partial charge in [-0.15, -0.1) is 0 Å². The lowest BCUT2D eigenvalue weighted by Gasteiger charge is -2.13. The van der Waals surface area contributed by atoms with Gasteiger partial charge in [0.05, 0.1) is 14.2 Å². The molecule has 2 aromatic rings. The molecule has 1 N–H and O–H groups in total. The Morgan fingerprint density at radius 1 is 1.00 bits per heavy atom. The van der Waals surface area contributed by atoms with E-state index in [-0.39, 0.29) is 5.75 Å². The molecule has 0 fully saturated rings. The first kappa shape index (κ1) is 12.3. The highest BCUT2D eigenvalue weighted by Crippen LogP contribution is 2.38. The van der Waals surface area contributed by atoms with Gasteiger partial charge in [-0.1, -0.05) is 18.2 Å². The maximum Gasteiger partial charge on any atom is 0.168 e. The van der Waals surface area contributed by atoms with Crippen LogP contribution in [0.5, 0.6) is 17.2 Å². The number of aromatic hydroxyl groups is 1. The molecule has 2 aromatic carbocycles. The number of benzene rings is 2. The van der Waals surface area contributed by atoms with E-state index in [1.165, 1.54) is 0 Å². The number of para-hydroxylation sites is 1. The van der Waals surface area contributed by atoms with Crippen molar-refractivity contribution in [3.05, 3.63) is 42.0 Å². The number of hydrogen-bond donors (Lipinski definition) is 1. The van der Waals surface area contributed by atoms with Gasteiger partial charge in [-0.3, -0.25) is 0 Å². The van der Waals surface area contributed by atoms with Crippen molar-refractivity contribution >= 4 is 0 Å². The second-order valence-electron chi connectivity index (χ2n) is 4.10. The molecule has 0 aromatic heterocycles. The predicted octanol–water partition coefficient (Wildman–Crippen LogP) is 3.38. The molecule has 0 aliphatic carbocycles. The van der Waals surface area contributed by atoms with Crippen LogP contribution in [0.1, 0.15) is 5.56 Å². The van der Waals surface area contributed by atoms with Gasteiger partial charge in [0, 0.05) is 5.56 Å². The Kier molecular flexibility index (Phi) is 3.42. The average Bonchev–Trinajstić information content (AvgIpc) is 2.36. The zero-order valence-corrected chi connectivity index (χ0v) is 10.7. The highest BCUT2D eigenvalue weighted by Gasteiger charge is 2.12. The van der Waals surface area contributed by atoms with Crippen LogP contribution in [0.25, 0.3) is 11.1 Å². The third-order valence-corrected chi connectivity index (χ3v) is 2.78. The highest BCUT2D eigenvalue weighted by molar-refractivity contribution is 5.75. The number of rotatable bonds is 3. The minimum Gasteiger partial charge on any atom is -0.508 e. The third-order valence-electron chi connectivity index (χ3n) is 2.78. The molecule has 0 aliphatic rings. The molecule has 2 rings (SSSR count). The van der Waals surface area contributed by atoms with E-state index < -0.39 is 0 Å². The lowest BCUT2D eigenvalue weighted by Crippen LogP contribution is -1.93. The van der Waals surface area contributed by atoms with Crippen LogP contribution in [-0.4, -0.2) is 19.3 Å². The van der Waals surface area contributed by atoms with Crippen LogP contribution in [0, 0.1) is 6.92 Å². The van der Waals surface area contributed by atoms with Crippen LogP contribution in [0.2, 0.25) is 0 Å². The molecule has 0 aliphatic heterocycles. The molecule has 0 saturated carbocycles. The van der Waals surface area contributed by atoms with Gasteiger partial charge in [-0.2, -0.15) is 0 Å². The topological polar surface area (TPSA) is 38.7 Å². The summed E-state index contributed by atoms with van der Waals surface area (Å²) in [5.74, 6) is 1.59. The molecule has 0 bridgehead atoms. The van der Waals surface area contributed by atoms with E-state index in [1.807, 2.05) is 31.2 Å². The summed E-state index contributed by atoms with van der Waals surface area (Å²) >= 11 is 0. The Bertz CT molecular complexity index is 541. The van der Waals surface area contributed by atoms with Crippen LogP contribution in [-0.2, 0) is 0 Å². The quantitative estimate of drug-likeness (QED) is 0.899. The lowest BCUT2D eigenvalue weighted by molar-refractivity contribution is 0.356. The van der Waals surface area contributed by atoms with Crippen LogP contribution in [0.4, 0.5) is 0 Å². The van der Waals surface area contributed by atoms with Crippen LogP contribution in [0.15, 0.2) is 36.4 Å². The number of phenols is 1. The zero-order chi connectivity index (χ0) is 13.1. The van der Waals surface area contributed by atoms with Crippen molar-refractivity contribution in [2.75, 3.05) is 14.2 Å². The SMILES string of the molecule is COc1cccc(-c2cc(C)cc(O)c2)c1OC. The number of ether oxygens (including phenoxy) is 2. The molecular weight excluding hydrogens is 228 g/mol. The first-order valence-corrected chi connectivity index (χ1v) is 5.67. The van der Waals surface area contributed by atoms with E-state index in [2.05, 4.69) is 0 Å². The van der Waals surface area contributed by atoms with Crippen molar-refractivity contribution in [2.24, 2.45) is 0 Å². The summed E-state index contributed by atoms with van der Waals surface area (Å²) in [6, 6.07) is 11.1. The molecular formula is C15H16O3. The molecule has 0 atom stereocenters. The second kappa shape index (κ2) is 5.00. The van der Waals surface area contributed by atoms with Gasteiger partial charge in [0.25, 0.3) is 0 Å². The summed E-state index contributed by atoms with van der Waals surface area (Å²) < 4.78 is 10.7. The van der Waals surface area contributed by atoms with Crippen LogP contribution >= 0.6 is 0 Å². The summed E-state index contributed by atoms with van der Waals surface area (Å²) in [5, 5.41) is 9.67. The van der Waals surface area contributed by atoms with Gasteiger partial charge in [0.2, 0.25) is 0 Å². The molecule has 3 nitrogen and oxygen atoms in total. The van der Waals surface area contributed by atoms with E-state index >= 15 is 0 Å². The first-order valence-electron chi connectivity index (χ1n) is 5.67. The van der Waals surface area contributed by atoms with Gasteiger partial charge >= 0.3 is 0 Å². The highest BCUT2D eigenvalue weighted by atomic mass is 16.5. The smallest absolute Gasteiger partial charge is 0.168 e. The Morgan fingerprint density at radius 2 is 1.78 bits per heavy atom. The fraction of sp³-hybridized carbons (Fsp3) is 0.200. The first-order chi connectivity index (χ1) is 8.65. The minimum atomic E-state index is 0.245. The second-order valence-corrected chi connectivity index (χ2v) is 4.10. The van der Waals surface area contributed by atoms with E-state index in [1.54, 1.807) is 26.4 Å². The number of aryl methyl sites for hydroxylation is 1. The summed E-state index contributed by atoms with van der Waals surface area (Å²) in [7, 11) is 3.21. The van der Waals surface area contributed by atoms with Crippen molar-refractivity contribution in [2.45, 2.75) is 6.92 Å². The zero-order valence-electron chi connectivity index (χ0n) is 10.7. The average molecular weight is 244 g/mol. The van der Waals surface area contributed by atoms with Crippen molar-refractivity contribution in [3.63, 3.8) is 0 Å². The standard InChI is InChI=1S/C15H16O3/c1-10-7-11(9-12(16)8-10)13-5-4-6-14(17-2)15(13)18-3/h4-9,16H,1-3H3. The molecule has 0 unspecified atom stereocenters. The maximum atomic E-state index is 9.67. The summed E-state index contributed by atoms with van der Waals surface area (Å²) in [6.07, 6.45) is 0.